The molecule has 33 heavy (non-hydrogen) atoms. The molecule has 5 N–H and O–H groups in total. The van der Waals surface area contributed by atoms with E-state index in [4.69, 9.17) is 16.2 Å². The molecule has 1 amide bonds. The second kappa shape index (κ2) is 8.38. The number of nitrogen functional groups attached to an aromatic ring is 1. The highest BCUT2D eigenvalue weighted by atomic mass is 32.1. The van der Waals surface area contributed by atoms with Crippen molar-refractivity contribution in [3.63, 3.8) is 0 Å². The average molecular weight is 475 g/mol. The monoisotopic (exact) mass is 474 g/mol. The van der Waals surface area contributed by atoms with Crippen molar-refractivity contribution in [3.05, 3.63) is 40.4 Å². The number of pyridine rings is 2. The van der Waals surface area contributed by atoms with Crippen LogP contribution in [0.4, 0.5) is 20.3 Å². The second-order valence-electron chi connectivity index (χ2n) is 8.54. The largest absolute Gasteiger partial charge is 0.475 e. The Morgan fingerprint density at radius 2 is 2.09 bits per heavy atom. The predicted octanol–water partition coefficient (Wildman–Crippen LogP) is 2.34. The van der Waals surface area contributed by atoms with Crippen LogP contribution in [0, 0.1) is 12.8 Å². The quantitative estimate of drug-likeness (QED) is 0.531. The lowest BCUT2D eigenvalue weighted by Gasteiger charge is -2.27. The van der Waals surface area contributed by atoms with Crippen LogP contribution in [0.1, 0.15) is 20.9 Å². The topological polar surface area (TPSA) is 119 Å². The summed E-state index contributed by atoms with van der Waals surface area (Å²) in [6.07, 6.45) is -1.92. The minimum atomic E-state index is -2.46. The van der Waals surface area contributed by atoms with Crippen molar-refractivity contribution in [2.24, 2.45) is 11.7 Å². The lowest BCUT2D eigenvalue weighted by molar-refractivity contribution is 0.0804. The molecule has 11 heteroatoms. The van der Waals surface area contributed by atoms with Gasteiger partial charge < -0.3 is 26.4 Å². The first-order valence-corrected chi connectivity index (χ1v) is 11.5. The number of alkyl halides is 2. The van der Waals surface area contributed by atoms with Crippen molar-refractivity contribution in [2.75, 3.05) is 30.3 Å². The molecule has 3 aromatic rings. The number of amides is 1. The summed E-state index contributed by atoms with van der Waals surface area (Å²) in [6, 6.07) is 6.54. The van der Waals surface area contributed by atoms with E-state index >= 15 is 0 Å². The van der Waals surface area contributed by atoms with Crippen LogP contribution in [-0.2, 0) is 6.42 Å². The SMILES string of the molecule is Cc1ccc2c(N)c(C(=O)N[C@H]3COc4nc(N5CC(C(F)F)[C@@H](N)C5)ccc4C3)sc2n1. The van der Waals surface area contributed by atoms with Crippen LogP contribution < -0.4 is 26.4 Å². The van der Waals surface area contributed by atoms with E-state index in [9.17, 15) is 13.6 Å². The van der Waals surface area contributed by atoms with Crippen molar-refractivity contribution in [1.82, 2.24) is 15.3 Å². The molecule has 3 aromatic heterocycles. The van der Waals surface area contributed by atoms with Gasteiger partial charge in [0.25, 0.3) is 5.91 Å². The number of thiophene rings is 1. The number of anilines is 2. The van der Waals surface area contributed by atoms with E-state index < -0.39 is 18.4 Å². The Kier molecular flexibility index (Phi) is 5.53. The van der Waals surface area contributed by atoms with Crippen molar-refractivity contribution < 1.29 is 18.3 Å². The van der Waals surface area contributed by atoms with Gasteiger partial charge in [-0.1, -0.05) is 0 Å². The number of aromatic nitrogens is 2. The van der Waals surface area contributed by atoms with Crippen LogP contribution in [0.15, 0.2) is 24.3 Å². The van der Waals surface area contributed by atoms with Gasteiger partial charge in [0.15, 0.2) is 0 Å². The fourth-order valence-electron chi connectivity index (χ4n) is 4.33. The number of hydrogen-bond donors (Lipinski definition) is 3. The lowest BCUT2D eigenvalue weighted by atomic mass is 10.1. The Morgan fingerprint density at radius 1 is 1.27 bits per heavy atom. The number of fused-ring (bicyclic) bond motifs is 2. The number of carbonyl (C=O) groups excluding carboxylic acids is 1. The summed E-state index contributed by atoms with van der Waals surface area (Å²) in [5.74, 6) is -0.119. The Hall–Kier alpha value is -3.05. The molecule has 0 aliphatic carbocycles. The van der Waals surface area contributed by atoms with Crippen molar-refractivity contribution in [3.8, 4) is 5.88 Å². The zero-order chi connectivity index (χ0) is 23.3. The molecule has 5 heterocycles. The molecule has 174 valence electrons. The fourth-order valence-corrected chi connectivity index (χ4v) is 5.37. The third-order valence-electron chi connectivity index (χ3n) is 6.15. The van der Waals surface area contributed by atoms with Crippen molar-refractivity contribution >= 4 is 39.0 Å². The van der Waals surface area contributed by atoms with Gasteiger partial charge in [0.1, 0.15) is 22.1 Å². The summed E-state index contributed by atoms with van der Waals surface area (Å²) in [5, 5.41) is 3.76. The average Bonchev–Trinajstić information content (AvgIpc) is 3.33. The number of halogens is 2. The minimum Gasteiger partial charge on any atom is -0.475 e. The van der Waals surface area contributed by atoms with Gasteiger partial charge in [-0.25, -0.2) is 13.8 Å². The van der Waals surface area contributed by atoms with Gasteiger partial charge in [-0.05, 0) is 31.2 Å². The molecular formula is C22H24F2N6O2S. The molecule has 0 aromatic carbocycles. The number of ether oxygens (including phenoxy) is 1. The standard InChI is InChI=1S/C22H24F2N6O2S/c1-10-2-4-13-17(26)18(33-22(13)27-10)20(31)28-12-6-11-3-5-16(29-21(11)32-9-12)30-7-14(19(23)24)15(25)8-30/h2-5,12,14-15,19H,6-9,25-26H2,1H3,(H,28,31)/t12-,14?,15+/m1/s1. The van der Waals surface area contributed by atoms with Crippen LogP contribution in [0.5, 0.6) is 5.88 Å². The van der Waals surface area contributed by atoms with E-state index in [0.717, 1.165) is 21.5 Å². The maximum Gasteiger partial charge on any atom is 0.263 e. The maximum atomic E-state index is 13.1. The Bertz CT molecular complexity index is 1220. The molecule has 0 saturated carbocycles. The summed E-state index contributed by atoms with van der Waals surface area (Å²) >= 11 is 1.27. The molecule has 1 unspecified atom stereocenters. The number of rotatable bonds is 4. The van der Waals surface area contributed by atoms with Gasteiger partial charge in [-0.15, -0.1) is 11.3 Å². The molecule has 1 saturated heterocycles. The molecule has 2 aliphatic rings. The lowest BCUT2D eigenvalue weighted by Crippen LogP contribution is -2.43. The van der Waals surface area contributed by atoms with E-state index in [2.05, 4.69) is 15.3 Å². The molecule has 1 fully saturated rings. The fraction of sp³-hybridized carbons (Fsp3) is 0.409. The Balaban J connectivity index is 1.27. The zero-order valence-electron chi connectivity index (χ0n) is 17.9. The van der Waals surface area contributed by atoms with E-state index in [1.807, 2.05) is 25.1 Å². The van der Waals surface area contributed by atoms with Gasteiger partial charge in [0.05, 0.1) is 17.6 Å². The first kappa shape index (κ1) is 21.8. The van der Waals surface area contributed by atoms with Gasteiger partial charge in [0.2, 0.25) is 12.3 Å². The highest BCUT2D eigenvalue weighted by molar-refractivity contribution is 7.21. The number of hydrogen-bond acceptors (Lipinski definition) is 8. The predicted molar refractivity (Wildman–Crippen MR) is 123 cm³/mol. The molecule has 2 aliphatic heterocycles. The third-order valence-corrected chi connectivity index (χ3v) is 7.26. The van der Waals surface area contributed by atoms with E-state index in [1.165, 1.54) is 11.3 Å². The minimum absolute atomic E-state index is 0.161. The Morgan fingerprint density at radius 3 is 2.85 bits per heavy atom. The number of nitrogens with zero attached hydrogens (tertiary/aromatic N) is 3. The summed E-state index contributed by atoms with van der Waals surface area (Å²) in [5.41, 5.74) is 14.2. The van der Waals surface area contributed by atoms with Gasteiger partial charge >= 0.3 is 0 Å². The first-order chi connectivity index (χ1) is 15.8. The van der Waals surface area contributed by atoms with Crippen LogP contribution in [-0.4, -0.2) is 54.1 Å². The van der Waals surface area contributed by atoms with Crippen molar-refractivity contribution in [1.29, 1.82) is 0 Å². The Labute approximate surface area is 192 Å². The van der Waals surface area contributed by atoms with E-state index in [-0.39, 0.29) is 25.1 Å². The first-order valence-electron chi connectivity index (χ1n) is 10.7. The summed E-state index contributed by atoms with van der Waals surface area (Å²) in [4.78, 5) is 24.8. The molecule has 3 atom stereocenters. The second-order valence-corrected chi connectivity index (χ2v) is 9.54. The molecular weight excluding hydrogens is 450 g/mol. The maximum absolute atomic E-state index is 13.1. The molecule has 5 rings (SSSR count). The normalized spacial score (nSPS) is 22.5. The van der Waals surface area contributed by atoms with E-state index in [1.54, 1.807) is 11.0 Å². The molecule has 8 nitrogen and oxygen atoms in total. The van der Waals surface area contributed by atoms with Gasteiger partial charge in [-0.3, -0.25) is 4.79 Å². The van der Waals surface area contributed by atoms with Crippen LogP contribution >= 0.6 is 11.3 Å². The van der Waals surface area contributed by atoms with Crippen molar-refractivity contribution in [2.45, 2.75) is 31.9 Å². The smallest absolute Gasteiger partial charge is 0.263 e. The summed E-state index contributed by atoms with van der Waals surface area (Å²) in [6.45, 7) is 2.62. The number of carbonyl (C=O) groups is 1. The summed E-state index contributed by atoms with van der Waals surface area (Å²) in [7, 11) is 0. The number of nitrogens with two attached hydrogens (primary N) is 2. The third kappa shape index (κ3) is 4.06. The van der Waals surface area contributed by atoms with Crippen LogP contribution in [0.3, 0.4) is 0 Å². The van der Waals surface area contributed by atoms with Crippen LogP contribution in [0.25, 0.3) is 10.2 Å². The van der Waals surface area contributed by atoms with Gasteiger partial charge in [-0.2, -0.15) is 4.98 Å². The van der Waals surface area contributed by atoms with Gasteiger partial charge in [0, 0.05) is 42.2 Å². The highest BCUT2D eigenvalue weighted by Crippen LogP contribution is 2.33. The summed E-state index contributed by atoms with van der Waals surface area (Å²) < 4.78 is 32.1. The van der Waals surface area contributed by atoms with Crippen LogP contribution in [0.2, 0.25) is 0 Å². The number of aryl methyl sites for hydroxylation is 1. The highest BCUT2D eigenvalue weighted by Gasteiger charge is 2.37. The zero-order valence-corrected chi connectivity index (χ0v) is 18.7. The van der Waals surface area contributed by atoms with E-state index in [0.29, 0.717) is 35.2 Å². The molecule has 0 radical (unpaired) electrons. The molecule has 0 spiro atoms. The molecule has 0 bridgehead atoms. The number of nitrogens with one attached hydrogen (secondary N) is 1.